The molecule has 1 aliphatic rings. The fraction of sp³-hybridized carbons (Fsp3) is 0.417. The molecule has 2 aromatic rings. The third-order valence-corrected chi connectivity index (χ3v) is 5.69. The van der Waals surface area contributed by atoms with Crippen molar-refractivity contribution < 1.29 is 18.4 Å². The number of nitrogens with zero attached hydrogens (tertiary/aromatic N) is 1. The van der Waals surface area contributed by atoms with Gasteiger partial charge >= 0.3 is 0 Å². The van der Waals surface area contributed by atoms with Crippen molar-refractivity contribution in [2.24, 2.45) is 0 Å². The highest BCUT2D eigenvalue weighted by atomic mass is 19.1. The van der Waals surface area contributed by atoms with Gasteiger partial charge in [0.25, 0.3) is 0 Å². The maximum Gasteiger partial charge on any atom is 0.242 e. The number of carbonyl (C=O) groups excluding carboxylic acids is 2. The van der Waals surface area contributed by atoms with Crippen LogP contribution >= 0.6 is 0 Å². The van der Waals surface area contributed by atoms with Gasteiger partial charge in [0.1, 0.15) is 17.7 Å². The Morgan fingerprint density at radius 1 is 1.03 bits per heavy atom. The molecule has 1 aliphatic carbocycles. The lowest BCUT2D eigenvalue weighted by atomic mass is 9.95. The Bertz CT molecular complexity index is 864. The first-order chi connectivity index (χ1) is 14.4. The Hall–Kier alpha value is -2.76. The molecular formula is C24H28F2N2O2. The third kappa shape index (κ3) is 5.88. The molecule has 3 rings (SSSR count). The summed E-state index contributed by atoms with van der Waals surface area (Å²) < 4.78 is 27.4. The molecule has 4 nitrogen and oxygen atoms in total. The normalized spacial score (nSPS) is 15.4. The van der Waals surface area contributed by atoms with E-state index in [1.165, 1.54) is 29.5 Å². The van der Waals surface area contributed by atoms with Crippen LogP contribution in [0.3, 0.4) is 0 Å². The van der Waals surface area contributed by atoms with Gasteiger partial charge in [-0.15, -0.1) is 0 Å². The van der Waals surface area contributed by atoms with Gasteiger partial charge in [0.05, 0.1) is 6.42 Å². The van der Waals surface area contributed by atoms with Crippen molar-refractivity contribution in [1.82, 2.24) is 10.2 Å². The summed E-state index contributed by atoms with van der Waals surface area (Å²) in [7, 11) is 0. The van der Waals surface area contributed by atoms with E-state index >= 15 is 0 Å². The average molecular weight is 414 g/mol. The quantitative estimate of drug-likeness (QED) is 0.731. The molecule has 1 fully saturated rings. The van der Waals surface area contributed by atoms with E-state index in [1.54, 1.807) is 37.3 Å². The van der Waals surface area contributed by atoms with Crippen molar-refractivity contribution in [2.75, 3.05) is 0 Å². The molecule has 0 saturated heterocycles. The summed E-state index contributed by atoms with van der Waals surface area (Å²) in [5.74, 6) is -1.34. The number of halogens is 2. The summed E-state index contributed by atoms with van der Waals surface area (Å²) in [5.41, 5.74) is 0.988. The molecule has 6 heteroatoms. The Morgan fingerprint density at radius 2 is 1.70 bits per heavy atom. The van der Waals surface area contributed by atoms with E-state index in [0.29, 0.717) is 11.1 Å². The highest BCUT2D eigenvalue weighted by Gasteiger charge is 2.28. The Labute approximate surface area is 176 Å². The Kier molecular flexibility index (Phi) is 7.55. The second-order valence-corrected chi connectivity index (χ2v) is 7.94. The predicted molar refractivity (Wildman–Crippen MR) is 112 cm³/mol. The van der Waals surface area contributed by atoms with E-state index in [4.69, 9.17) is 0 Å². The fourth-order valence-corrected chi connectivity index (χ4v) is 3.84. The molecule has 0 aromatic heterocycles. The lowest BCUT2D eigenvalue weighted by Gasteiger charge is -2.31. The molecule has 2 aromatic carbocycles. The fourth-order valence-electron chi connectivity index (χ4n) is 3.84. The minimum atomic E-state index is -0.750. The van der Waals surface area contributed by atoms with Crippen LogP contribution in [0.5, 0.6) is 0 Å². The largest absolute Gasteiger partial charge is 0.352 e. The lowest BCUT2D eigenvalue weighted by Crippen LogP contribution is -2.50. The second-order valence-electron chi connectivity index (χ2n) is 7.94. The van der Waals surface area contributed by atoms with Crippen LogP contribution in [0, 0.1) is 11.6 Å². The Morgan fingerprint density at radius 3 is 2.37 bits per heavy atom. The third-order valence-electron chi connectivity index (χ3n) is 5.69. The molecule has 1 N–H and O–H groups in total. The number of hydrogen-bond donors (Lipinski definition) is 1. The number of carbonyl (C=O) groups is 2. The average Bonchev–Trinajstić information content (AvgIpc) is 2.75. The van der Waals surface area contributed by atoms with Gasteiger partial charge in [-0.1, -0.05) is 49.6 Å². The molecule has 160 valence electrons. The highest BCUT2D eigenvalue weighted by molar-refractivity contribution is 5.88. The van der Waals surface area contributed by atoms with Gasteiger partial charge < -0.3 is 10.2 Å². The van der Waals surface area contributed by atoms with Crippen LogP contribution in [0.25, 0.3) is 0 Å². The maximum atomic E-state index is 14.2. The smallest absolute Gasteiger partial charge is 0.242 e. The molecule has 30 heavy (non-hydrogen) atoms. The summed E-state index contributed by atoms with van der Waals surface area (Å²) in [4.78, 5) is 27.4. The van der Waals surface area contributed by atoms with Crippen molar-refractivity contribution in [3.05, 3.63) is 71.3 Å². The standard InChI is InChI=1S/C24H28F2N2O2/c1-17(24(30)27-21-8-3-2-4-9-21)28(16-19-7-5-6-10-22(19)26)23(29)15-18-11-13-20(25)14-12-18/h5-7,10-14,17,21H,2-4,8-9,15-16H2,1H3,(H,27,30)/t17-/m0/s1. The molecule has 1 atom stereocenters. The second kappa shape index (κ2) is 10.3. The van der Waals surface area contributed by atoms with Gasteiger partial charge in [-0.2, -0.15) is 0 Å². The summed E-state index contributed by atoms with van der Waals surface area (Å²) >= 11 is 0. The molecule has 1 saturated carbocycles. The van der Waals surface area contributed by atoms with Gasteiger partial charge in [0, 0.05) is 18.2 Å². The lowest BCUT2D eigenvalue weighted by molar-refractivity contribution is -0.140. The first-order valence-corrected chi connectivity index (χ1v) is 10.5. The van der Waals surface area contributed by atoms with Gasteiger partial charge in [0.15, 0.2) is 0 Å². The summed E-state index contributed by atoms with van der Waals surface area (Å²) in [6.07, 6.45) is 5.24. The minimum Gasteiger partial charge on any atom is -0.352 e. The highest BCUT2D eigenvalue weighted by Crippen LogP contribution is 2.19. The first kappa shape index (κ1) is 21.9. The van der Waals surface area contributed by atoms with Crippen molar-refractivity contribution in [2.45, 2.75) is 64.1 Å². The van der Waals surface area contributed by atoms with Gasteiger partial charge in [-0.25, -0.2) is 8.78 Å². The molecular weight excluding hydrogens is 386 g/mol. The van der Waals surface area contributed by atoms with E-state index in [2.05, 4.69) is 5.32 Å². The summed E-state index contributed by atoms with van der Waals surface area (Å²) in [6.45, 7) is 1.66. The predicted octanol–water partition coefficient (Wildman–Crippen LogP) is 4.37. The zero-order valence-corrected chi connectivity index (χ0v) is 17.2. The molecule has 0 heterocycles. The van der Waals surface area contributed by atoms with E-state index in [9.17, 15) is 18.4 Å². The van der Waals surface area contributed by atoms with Crippen LogP contribution in [0.15, 0.2) is 48.5 Å². The zero-order chi connectivity index (χ0) is 21.5. The molecule has 2 amide bonds. The van der Waals surface area contributed by atoms with Crippen LogP contribution in [-0.2, 0) is 22.6 Å². The molecule has 0 radical (unpaired) electrons. The maximum absolute atomic E-state index is 14.2. The SMILES string of the molecule is C[C@@H](C(=O)NC1CCCCC1)N(Cc1ccccc1F)C(=O)Cc1ccc(F)cc1. The summed E-state index contributed by atoms with van der Waals surface area (Å²) in [6, 6.07) is 11.3. The van der Waals surface area contributed by atoms with E-state index < -0.39 is 11.9 Å². The zero-order valence-electron chi connectivity index (χ0n) is 17.2. The van der Waals surface area contributed by atoms with Gasteiger partial charge in [0.2, 0.25) is 11.8 Å². The molecule has 0 aliphatic heterocycles. The van der Waals surface area contributed by atoms with Crippen LogP contribution < -0.4 is 5.32 Å². The monoisotopic (exact) mass is 414 g/mol. The number of rotatable bonds is 7. The minimum absolute atomic E-state index is 0.00798. The van der Waals surface area contributed by atoms with Crippen molar-refractivity contribution in [3.8, 4) is 0 Å². The van der Waals surface area contributed by atoms with Crippen LogP contribution in [0.1, 0.15) is 50.2 Å². The molecule has 0 spiro atoms. The van der Waals surface area contributed by atoms with E-state index in [-0.39, 0.29) is 36.6 Å². The first-order valence-electron chi connectivity index (χ1n) is 10.5. The molecule has 0 bridgehead atoms. The Balaban J connectivity index is 1.76. The molecule has 0 unspecified atom stereocenters. The summed E-state index contributed by atoms with van der Waals surface area (Å²) in [5, 5.41) is 3.05. The van der Waals surface area contributed by atoms with E-state index in [0.717, 1.165) is 25.7 Å². The van der Waals surface area contributed by atoms with Crippen molar-refractivity contribution in [3.63, 3.8) is 0 Å². The van der Waals surface area contributed by atoms with Crippen molar-refractivity contribution >= 4 is 11.8 Å². The van der Waals surface area contributed by atoms with Crippen molar-refractivity contribution in [1.29, 1.82) is 0 Å². The number of hydrogen-bond acceptors (Lipinski definition) is 2. The van der Waals surface area contributed by atoms with Gasteiger partial charge in [-0.05, 0) is 43.5 Å². The topological polar surface area (TPSA) is 49.4 Å². The number of amides is 2. The van der Waals surface area contributed by atoms with Crippen LogP contribution in [0.4, 0.5) is 8.78 Å². The number of benzene rings is 2. The number of nitrogens with one attached hydrogen (secondary N) is 1. The van der Waals surface area contributed by atoms with Gasteiger partial charge in [-0.3, -0.25) is 9.59 Å². The van der Waals surface area contributed by atoms with Crippen LogP contribution in [-0.4, -0.2) is 28.8 Å². The van der Waals surface area contributed by atoms with Crippen LogP contribution in [0.2, 0.25) is 0 Å². The van der Waals surface area contributed by atoms with E-state index in [1.807, 2.05) is 0 Å².